The Balaban J connectivity index is 1.85. The number of alkyl halides is 3. The van der Waals surface area contributed by atoms with Gasteiger partial charge in [0.2, 0.25) is 0 Å². The van der Waals surface area contributed by atoms with Crippen LogP contribution in [0.25, 0.3) is 16.6 Å². The maximum Gasteiger partial charge on any atom is 0.422 e. The quantitative estimate of drug-likeness (QED) is 0.446. The molecule has 33 heavy (non-hydrogen) atoms. The minimum atomic E-state index is -4.45. The zero-order valence-electron chi connectivity index (χ0n) is 17.9. The molecule has 0 saturated carbocycles. The van der Waals surface area contributed by atoms with Gasteiger partial charge in [0.25, 0.3) is 5.56 Å². The van der Waals surface area contributed by atoms with Crippen molar-refractivity contribution in [1.29, 1.82) is 0 Å². The summed E-state index contributed by atoms with van der Waals surface area (Å²) in [5.41, 5.74) is 0.640. The Morgan fingerprint density at radius 3 is 2.42 bits per heavy atom. The van der Waals surface area contributed by atoms with E-state index in [4.69, 9.17) is 4.74 Å². The largest absolute Gasteiger partial charge is 0.484 e. The molecule has 0 atom stereocenters. The number of halogens is 3. The molecular weight excluding hydrogens is 459 g/mol. The number of fused-ring (bicyclic) bond motifs is 1. The van der Waals surface area contributed by atoms with Gasteiger partial charge in [0.05, 0.1) is 22.3 Å². The third kappa shape index (κ3) is 6.78. The number of nitrogens with one attached hydrogen (secondary N) is 1. The molecule has 0 saturated heterocycles. The van der Waals surface area contributed by atoms with E-state index in [1.165, 1.54) is 28.8 Å². The minimum Gasteiger partial charge on any atom is -0.484 e. The van der Waals surface area contributed by atoms with E-state index in [0.717, 1.165) is 0 Å². The second-order valence-electron chi connectivity index (χ2n) is 7.32. The minimum absolute atomic E-state index is 0.0147. The fraction of sp³-hybridized carbons (Fsp3) is 0.364. The summed E-state index contributed by atoms with van der Waals surface area (Å²) >= 11 is 0. The number of sulfone groups is 1. The maximum absolute atomic E-state index is 13.2. The van der Waals surface area contributed by atoms with Crippen LogP contribution in [0.5, 0.6) is 5.75 Å². The van der Waals surface area contributed by atoms with Gasteiger partial charge in [-0.05, 0) is 36.4 Å². The lowest BCUT2D eigenvalue weighted by molar-refractivity contribution is -0.153. The van der Waals surface area contributed by atoms with Crippen molar-refractivity contribution in [2.75, 3.05) is 31.2 Å². The van der Waals surface area contributed by atoms with Gasteiger partial charge in [0.15, 0.2) is 16.4 Å². The summed E-state index contributed by atoms with van der Waals surface area (Å²) in [6.07, 6.45) is -4.12. The van der Waals surface area contributed by atoms with Crippen LogP contribution in [-0.4, -0.2) is 55.3 Å². The van der Waals surface area contributed by atoms with E-state index in [0.29, 0.717) is 35.4 Å². The van der Waals surface area contributed by atoms with Gasteiger partial charge in [-0.2, -0.15) is 13.2 Å². The van der Waals surface area contributed by atoms with Crippen LogP contribution in [-0.2, 0) is 16.3 Å². The zero-order chi connectivity index (χ0) is 24.1. The predicted octanol–water partition coefficient (Wildman–Crippen LogP) is 2.89. The second kappa shape index (κ2) is 10.3. The van der Waals surface area contributed by atoms with E-state index in [-0.39, 0.29) is 29.4 Å². The number of ether oxygens (including phenoxy) is 1. The zero-order valence-corrected chi connectivity index (χ0v) is 18.7. The summed E-state index contributed by atoms with van der Waals surface area (Å²) in [5, 5.41) is 3.45. The molecule has 3 aromatic rings. The molecular formula is C22H24F3N3O4S. The third-order valence-electron chi connectivity index (χ3n) is 4.90. The summed E-state index contributed by atoms with van der Waals surface area (Å²) < 4.78 is 66.5. The van der Waals surface area contributed by atoms with Crippen LogP contribution in [0.15, 0.2) is 53.3 Å². The first-order valence-electron chi connectivity index (χ1n) is 10.3. The molecule has 0 spiro atoms. The third-order valence-corrected chi connectivity index (χ3v) is 6.60. The van der Waals surface area contributed by atoms with Crippen molar-refractivity contribution in [2.45, 2.75) is 19.5 Å². The lowest BCUT2D eigenvalue weighted by Crippen LogP contribution is -2.29. The fourth-order valence-corrected chi connectivity index (χ4v) is 3.91. The highest BCUT2D eigenvalue weighted by Gasteiger charge is 2.28. The van der Waals surface area contributed by atoms with Gasteiger partial charge in [-0.3, -0.25) is 9.36 Å². The van der Waals surface area contributed by atoms with Crippen LogP contribution in [0.4, 0.5) is 13.2 Å². The number of rotatable bonds is 10. The molecule has 0 amide bonds. The van der Waals surface area contributed by atoms with Crippen LogP contribution >= 0.6 is 0 Å². The Morgan fingerprint density at radius 2 is 1.76 bits per heavy atom. The highest BCUT2D eigenvalue weighted by Crippen LogP contribution is 2.20. The molecule has 0 aliphatic carbocycles. The molecule has 0 aliphatic rings. The molecule has 3 rings (SSSR count). The van der Waals surface area contributed by atoms with Crippen LogP contribution in [0.3, 0.4) is 0 Å². The number of aromatic nitrogens is 2. The topological polar surface area (TPSA) is 90.3 Å². The van der Waals surface area contributed by atoms with Crippen molar-refractivity contribution in [3.8, 4) is 11.4 Å². The van der Waals surface area contributed by atoms with Crippen molar-refractivity contribution < 1.29 is 26.3 Å². The van der Waals surface area contributed by atoms with Gasteiger partial charge in [-0.1, -0.05) is 19.1 Å². The predicted molar refractivity (Wildman–Crippen MR) is 120 cm³/mol. The van der Waals surface area contributed by atoms with E-state index in [1.54, 1.807) is 31.2 Å². The van der Waals surface area contributed by atoms with Crippen LogP contribution in [0.1, 0.15) is 12.7 Å². The lowest BCUT2D eigenvalue weighted by atomic mass is 10.2. The van der Waals surface area contributed by atoms with Crippen molar-refractivity contribution in [2.24, 2.45) is 0 Å². The van der Waals surface area contributed by atoms with E-state index >= 15 is 0 Å². The van der Waals surface area contributed by atoms with E-state index < -0.39 is 22.6 Å². The van der Waals surface area contributed by atoms with Crippen molar-refractivity contribution in [1.82, 2.24) is 14.9 Å². The molecule has 1 aromatic heterocycles. The molecule has 2 aromatic carbocycles. The molecule has 7 nitrogen and oxygen atoms in total. The fourth-order valence-electron chi connectivity index (χ4n) is 3.17. The summed E-state index contributed by atoms with van der Waals surface area (Å²) in [6.45, 7) is 0.844. The number of hydrogen-bond acceptors (Lipinski definition) is 6. The Labute approximate surface area is 189 Å². The van der Waals surface area contributed by atoms with E-state index in [1.807, 2.05) is 0 Å². The Kier molecular flexibility index (Phi) is 7.75. The summed E-state index contributed by atoms with van der Waals surface area (Å²) in [6, 6.07) is 12.6. The first kappa shape index (κ1) is 24.7. The Hall–Kier alpha value is -2.92. The molecule has 178 valence electrons. The molecule has 0 fully saturated rings. The number of hydrogen-bond donors (Lipinski definition) is 1. The highest BCUT2D eigenvalue weighted by atomic mass is 32.2. The monoisotopic (exact) mass is 483 g/mol. The number of para-hydroxylation sites is 1. The van der Waals surface area contributed by atoms with E-state index in [9.17, 15) is 26.4 Å². The van der Waals surface area contributed by atoms with Crippen LogP contribution < -0.4 is 15.6 Å². The smallest absolute Gasteiger partial charge is 0.422 e. The van der Waals surface area contributed by atoms with Crippen molar-refractivity contribution in [3.63, 3.8) is 0 Å². The van der Waals surface area contributed by atoms with Gasteiger partial charge in [0, 0.05) is 25.3 Å². The van der Waals surface area contributed by atoms with Gasteiger partial charge < -0.3 is 10.1 Å². The van der Waals surface area contributed by atoms with Crippen LogP contribution in [0, 0.1) is 0 Å². The first-order chi connectivity index (χ1) is 15.6. The normalized spacial score (nSPS) is 12.2. The van der Waals surface area contributed by atoms with Gasteiger partial charge >= 0.3 is 6.18 Å². The lowest BCUT2D eigenvalue weighted by Gasteiger charge is -2.15. The van der Waals surface area contributed by atoms with E-state index in [2.05, 4.69) is 10.3 Å². The molecule has 0 aliphatic heterocycles. The number of benzene rings is 2. The molecule has 0 radical (unpaired) electrons. The van der Waals surface area contributed by atoms with Crippen molar-refractivity contribution >= 4 is 20.7 Å². The average Bonchev–Trinajstić information content (AvgIpc) is 2.78. The number of nitrogens with zero attached hydrogens (tertiary/aromatic N) is 2. The SMILES string of the molecule is CCS(=O)(=O)CCNCCc1nc2ccccc2c(=O)n1-c1ccc(OCC(F)(F)F)cc1. The Bertz CT molecular complexity index is 1260. The van der Waals surface area contributed by atoms with Gasteiger partial charge in [-0.25, -0.2) is 13.4 Å². The molecule has 11 heteroatoms. The molecule has 0 bridgehead atoms. The molecule has 0 unspecified atom stereocenters. The Morgan fingerprint density at radius 1 is 1.06 bits per heavy atom. The molecule has 1 N–H and O–H groups in total. The van der Waals surface area contributed by atoms with Gasteiger partial charge in [0.1, 0.15) is 11.6 Å². The highest BCUT2D eigenvalue weighted by molar-refractivity contribution is 7.91. The summed E-state index contributed by atoms with van der Waals surface area (Å²) in [4.78, 5) is 17.8. The standard InChI is InChI=1S/C22H24F3N3O4S/c1-2-33(30,31)14-13-26-12-11-20-27-19-6-4-3-5-18(19)21(29)28(20)16-7-9-17(10-8-16)32-15-22(23,24)25/h3-10,26H,2,11-15H2,1H3. The van der Waals surface area contributed by atoms with Crippen molar-refractivity contribution in [3.05, 3.63) is 64.7 Å². The molecule has 1 heterocycles. The average molecular weight is 484 g/mol. The van der Waals surface area contributed by atoms with Gasteiger partial charge in [-0.15, -0.1) is 0 Å². The first-order valence-corrected chi connectivity index (χ1v) is 12.1. The summed E-state index contributed by atoms with van der Waals surface area (Å²) in [5.74, 6) is 0.552. The van der Waals surface area contributed by atoms with Crippen LogP contribution in [0.2, 0.25) is 0 Å². The summed E-state index contributed by atoms with van der Waals surface area (Å²) in [7, 11) is -3.09. The second-order valence-corrected chi connectivity index (χ2v) is 9.79. The maximum atomic E-state index is 13.2.